The summed E-state index contributed by atoms with van der Waals surface area (Å²) in [6.07, 6.45) is 4.02. The van der Waals surface area contributed by atoms with Crippen molar-refractivity contribution in [3.8, 4) is 0 Å². The summed E-state index contributed by atoms with van der Waals surface area (Å²) in [5.74, 6) is -0.344. The van der Waals surface area contributed by atoms with Crippen molar-refractivity contribution in [2.75, 3.05) is 23.7 Å². The molecule has 6 heteroatoms. The minimum absolute atomic E-state index is 0.118. The predicted molar refractivity (Wildman–Crippen MR) is 65.7 cm³/mol. The zero-order chi connectivity index (χ0) is 12.7. The second kappa shape index (κ2) is 4.13. The van der Waals surface area contributed by atoms with Crippen molar-refractivity contribution in [2.24, 2.45) is 0 Å². The van der Waals surface area contributed by atoms with E-state index in [1.165, 1.54) is 12.3 Å². The summed E-state index contributed by atoms with van der Waals surface area (Å²) >= 11 is 0. The number of carbonyl (C=O) groups is 1. The molecule has 2 unspecified atom stereocenters. The number of aromatic nitrogens is 1. The lowest BCUT2D eigenvalue weighted by Gasteiger charge is -2.33. The lowest BCUT2D eigenvalue weighted by atomic mass is 10.2. The summed E-state index contributed by atoms with van der Waals surface area (Å²) in [6, 6.07) is 1.46. The van der Waals surface area contributed by atoms with Gasteiger partial charge in [0.2, 0.25) is 0 Å². The highest BCUT2D eigenvalue weighted by atomic mass is 16.5. The Morgan fingerprint density at radius 2 is 2.11 bits per heavy atom. The molecular formula is C12H15N3O3. The van der Waals surface area contributed by atoms with Gasteiger partial charge in [0.1, 0.15) is 0 Å². The molecule has 0 spiro atoms. The fourth-order valence-electron chi connectivity index (χ4n) is 2.64. The molecular weight excluding hydrogens is 234 g/mol. The van der Waals surface area contributed by atoms with Crippen molar-refractivity contribution >= 4 is 17.5 Å². The van der Waals surface area contributed by atoms with Crippen LogP contribution in [0.1, 0.15) is 23.2 Å². The fourth-order valence-corrected chi connectivity index (χ4v) is 2.64. The van der Waals surface area contributed by atoms with Gasteiger partial charge in [0.25, 0.3) is 0 Å². The molecule has 0 saturated carbocycles. The molecule has 0 aromatic carbocycles. The third-order valence-corrected chi connectivity index (χ3v) is 3.49. The second-order valence-electron chi connectivity index (χ2n) is 4.80. The van der Waals surface area contributed by atoms with Gasteiger partial charge in [0, 0.05) is 19.3 Å². The maximum atomic E-state index is 10.8. The average molecular weight is 249 g/mol. The van der Waals surface area contributed by atoms with Gasteiger partial charge in [-0.25, -0.2) is 9.78 Å². The Morgan fingerprint density at radius 3 is 2.67 bits per heavy atom. The van der Waals surface area contributed by atoms with Crippen molar-refractivity contribution in [1.82, 2.24) is 4.98 Å². The lowest BCUT2D eigenvalue weighted by Crippen LogP contribution is -2.43. The highest BCUT2D eigenvalue weighted by Gasteiger charge is 2.34. The van der Waals surface area contributed by atoms with Gasteiger partial charge in [0.15, 0.2) is 5.82 Å². The smallest absolute Gasteiger partial charge is 0.337 e. The van der Waals surface area contributed by atoms with E-state index < -0.39 is 5.97 Å². The first-order valence-electron chi connectivity index (χ1n) is 6.02. The van der Waals surface area contributed by atoms with Crippen LogP contribution in [0.3, 0.4) is 0 Å². The van der Waals surface area contributed by atoms with Crippen LogP contribution in [0.15, 0.2) is 12.3 Å². The van der Waals surface area contributed by atoms with Gasteiger partial charge in [-0.1, -0.05) is 0 Å². The zero-order valence-corrected chi connectivity index (χ0v) is 9.87. The van der Waals surface area contributed by atoms with E-state index in [0.717, 1.165) is 25.9 Å². The van der Waals surface area contributed by atoms with Crippen LogP contribution in [0.2, 0.25) is 0 Å². The molecule has 1 aromatic heterocycles. The van der Waals surface area contributed by atoms with Crippen LogP contribution < -0.4 is 10.6 Å². The summed E-state index contributed by atoms with van der Waals surface area (Å²) in [4.78, 5) is 17.1. The quantitative estimate of drug-likeness (QED) is 0.803. The number of morpholine rings is 1. The number of ether oxygens (including phenoxy) is 1. The molecule has 0 radical (unpaired) electrons. The first-order valence-corrected chi connectivity index (χ1v) is 6.02. The van der Waals surface area contributed by atoms with Gasteiger partial charge in [0.05, 0.1) is 23.5 Å². The molecule has 3 rings (SSSR count). The third-order valence-electron chi connectivity index (χ3n) is 3.49. The average Bonchev–Trinajstić information content (AvgIpc) is 2.68. The van der Waals surface area contributed by atoms with Gasteiger partial charge < -0.3 is 20.5 Å². The molecule has 18 heavy (non-hydrogen) atoms. The molecule has 2 atom stereocenters. The van der Waals surface area contributed by atoms with Crippen molar-refractivity contribution < 1.29 is 14.6 Å². The number of carboxylic acid groups (broad SMARTS) is 1. The van der Waals surface area contributed by atoms with Crippen LogP contribution >= 0.6 is 0 Å². The van der Waals surface area contributed by atoms with E-state index in [9.17, 15) is 4.79 Å². The molecule has 2 aliphatic rings. The molecule has 6 nitrogen and oxygen atoms in total. The highest BCUT2D eigenvalue weighted by molar-refractivity contribution is 5.89. The van der Waals surface area contributed by atoms with Crippen LogP contribution in [-0.4, -0.2) is 41.4 Å². The summed E-state index contributed by atoms with van der Waals surface area (Å²) in [6.45, 7) is 1.56. The van der Waals surface area contributed by atoms with E-state index in [2.05, 4.69) is 9.88 Å². The number of fused-ring (bicyclic) bond motifs is 2. The molecule has 0 aliphatic carbocycles. The topological polar surface area (TPSA) is 88.7 Å². The van der Waals surface area contributed by atoms with Gasteiger partial charge in [-0.2, -0.15) is 0 Å². The third kappa shape index (κ3) is 1.88. The van der Waals surface area contributed by atoms with Gasteiger partial charge in [-0.15, -0.1) is 0 Å². The van der Waals surface area contributed by atoms with Gasteiger partial charge in [-0.3, -0.25) is 0 Å². The predicted octanol–water partition coefficient (Wildman–Crippen LogP) is 0.730. The summed E-state index contributed by atoms with van der Waals surface area (Å²) in [7, 11) is 0. The largest absolute Gasteiger partial charge is 0.478 e. The Morgan fingerprint density at radius 1 is 1.44 bits per heavy atom. The molecule has 96 valence electrons. The number of carboxylic acids is 1. The van der Waals surface area contributed by atoms with Crippen LogP contribution in [0.25, 0.3) is 0 Å². The molecule has 0 amide bonds. The van der Waals surface area contributed by atoms with Crippen molar-refractivity contribution in [3.05, 3.63) is 17.8 Å². The van der Waals surface area contributed by atoms with E-state index in [1.54, 1.807) is 0 Å². The number of rotatable bonds is 2. The van der Waals surface area contributed by atoms with Crippen molar-refractivity contribution in [2.45, 2.75) is 25.0 Å². The van der Waals surface area contributed by atoms with E-state index >= 15 is 0 Å². The molecule has 2 fully saturated rings. The Hall–Kier alpha value is -1.82. The van der Waals surface area contributed by atoms with Crippen LogP contribution in [-0.2, 0) is 4.74 Å². The second-order valence-corrected chi connectivity index (χ2v) is 4.80. The SMILES string of the molecule is Nc1cc(C(=O)O)cnc1N1CC2CCC(C1)O2. The van der Waals surface area contributed by atoms with E-state index in [4.69, 9.17) is 15.6 Å². The Kier molecular flexibility index (Phi) is 2.59. The first kappa shape index (κ1) is 11.3. The van der Waals surface area contributed by atoms with Crippen molar-refractivity contribution in [1.29, 1.82) is 0 Å². The number of nitrogens with two attached hydrogens (primary N) is 1. The highest BCUT2D eigenvalue weighted by Crippen LogP contribution is 2.31. The molecule has 1 aromatic rings. The van der Waals surface area contributed by atoms with Crippen LogP contribution in [0.5, 0.6) is 0 Å². The molecule has 2 saturated heterocycles. The van der Waals surface area contributed by atoms with E-state index in [1.807, 2.05) is 0 Å². The standard InChI is InChI=1S/C12H15N3O3/c13-10-3-7(12(16)17)4-14-11(10)15-5-8-1-2-9(6-15)18-8/h3-4,8-9H,1-2,5-6,13H2,(H,16,17). The van der Waals surface area contributed by atoms with Gasteiger partial charge in [-0.05, 0) is 18.9 Å². The molecule has 2 aliphatic heterocycles. The summed E-state index contributed by atoms with van der Waals surface area (Å²) in [5.41, 5.74) is 6.42. The molecule has 3 N–H and O–H groups in total. The summed E-state index contributed by atoms with van der Waals surface area (Å²) in [5, 5.41) is 8.88. The Bertz CT molecular complexity index is 479. The number of anilines is 2. The fraction of sp³-hybridized carbons (Fsp3) is 0.500. The molecule has 3 heterocycles. The number of nitrogen functional groups attached to an aromatic ring is 1. The first-order chi connectivity index (χ1) is 8.63. The number of hydrogen-bond acceptors (Lipinski definition) is 5. The maximum absolute atomic E-state index is 10.8. The number of hydrogen-bond donors (Lipinski definition) is 2. The van der Waals surface area contributed by atoms with Crippen molar-refractivity contribution in [3.63, 3.8) is 0 Å². The maximum Gasteiger partial charge on any atom is 0.337 e. The van der Waals surface area contributed by atoms with E-state index in [-0.39, 0.29) is 17.8 Å². The number of pyridine rings is 1. The van der Waals surface area contributed by atoms with Crippen LogP contribution in [0.4, 0.5) is 11.5 Å². The Labute approximate surface area is 104 Å². The van der Waals surface area contributed by atoms with E-state index in [0.29, 0.717) is 11.5 Å². The summed E-state index contributed by atoms with van der Waals surface area (Å²) < 4.78 is 5.75. The molecule has 2 bridgehead atoms. The Balaban J connectivity index is 1.86. The minimum atomic E-state index is -1.01. The van der Waals surface area contributed by atoms with Crippen LogP contribution in [0, 0.1) is 0 Å². The number of nitrogens with zero attached hydrogens (tertiary/aromatic N) is 2. The van der Waals surface area contributed by atoms with Gasteiger partial charge >= 0.3 is 5.97 Å². The normalized spacial score (nSPS) is 26.3. The number of aromatic carboxylic acids is 1. The monoisotopic (exact) mass is 249 g/mol. The minimum Gasteiger partial charge on any atom is -0.478 e. The zero-order valence-electron chi connectivity index (χ0n) is 9.87. The lowest BCUT2D eigenvalue weighted by molar-refractivity contribution is 0.0302.